The fourth-order valence-corrected chi connectivity index (χ4v) is 2.08. The van der Waals surface area contributed by atoms with Crippen LogP contribution in [-0.4, -0.2) is 0 Å². The second-order valence-corrected chi connectivity index (χ2v) is 4.27. The molecule has 2 rings (SSSR count). The van der Waals surface area contributed by atoms with Gasteiger partial charge in [0.05, 0.1) is 0 Å². The molecule has 0 fully saturated rings. The average molecular weight is 217 g/mol. The molecular formula is C14H13Cl. The van der Waals surface area contributed by atoms with E-state index in [1.807, 2.05) is 12.1 Å². The lowest BCUT2D eigenvalue weighted by atomic mass is 9.99. The number of halogens is 1. The van der Waals surface area contributed by atoms with E-state index in [1.165, 1.54) is 22.3 Å². The Morgan fingerprint density at radius 3 is 2.33 bits per heavy atom. The minimum Gasteiger partial charge on any atom is -0.0843 e. The van der Waals surface area contributed by atoms with Gasteiger partial charge in [-0.15, -0.1) is 0 Å². The van der Waals surface area contributed by atoms with Gasteiger partial charge in [-0.1, -0.05) is 41.9 Å². The minimum atomic E-state index is 0.799. The second kappa shape index (κ2) is 4.08. The lowest BCUT2D eigenvalue weighted by Gasteiger charge is -2.07. The highest BCUT2D eigenvalue weighted by Gasteiger charge is 2.02. The molecule has 1 heteroatoms. The number of benzene rings is 2. The quantitative estimate of drug-likeness (QED) is 0.652. The molecule has 0 aliphatic carbocycles. The maximum absolute atomic E-state index is 6.05. The van der Waals surface area contributed by atoms with Gasteiger partial charge in [0.15, 0.2) is 0 Å². The molecular weight excluding hydrogens is 204 g/mol. The highest BCUT2D eigenvalue weighted by atomic mass is 35.5. The summed E-state index contributed by atoms with van der Waals surface area (Å²) in [5, 5.41) is 0.799. The molecule has 0 spiro atoms. The van der Waals surface area contributed by atoms with E-state index in [1.54, 1.807) is 0 Å². The highest BCUT2D eigenvalue weighted by molar-refractivity contribution is 6.31. The van der Waals surface area contributed by atoms with Crippen LogP contribution < -0.4 is 0 Å². The summed E-state index contributed by atoms with van der Waals surface area (Å²) >= 11 is 6.05. The summed E-state index contributed by atoms with van der Waals surface area (Å²) in [5.41, 5.74) is 4.92. The van der Waals surface area contributed by atoms with E-state index >= 15 is 0 Å². The largest absolute Gasteiger partial charge is 0.0843 e. The maximum atomic E-state index is 6.05. The molecule has 0 unspecified atom stereocenters. The fraction of sp³-hybridized carbons (Fsp3) is 0.143. The third kappa shape index (κ3) is 2.21. The van der Waals surface area contributed by atoms with E-state index in [2.05, 4.69) is 44.2 Å². The summed E-state index contributed by atoms with van der Waals surface area (Å²) in [4.78, 5) is 0. The first-order valence-corrected chi connectivity index (χ1v) is 5.38. The van der Waals surface area contributed by atoms with Crippen molar-refractivity contribution >= 4 is 11.6 Å². The molecule has 0 nitrogen and oxygen atoms in total. The summed E-state index contributed by atoms with van der Waals surface area (Å²) in [5.74, 6) is 0. The first-order valence-electron chi connectivity index (χ1n) is 5.00. The third-order valence-corrected chi connectivity index (χ3v) is 2.72. The van der Waals surface area contributed by atoms with E-state index < -0.39 is 0 Å². The van der Waals surface area contributed by atoms with Gasteiger partial charge in [0.25, 0.3) is 0 Å². The van der Waals surface area contributed by atoms with Gasteiger partial charge < -0.3 is 0 Å². The van der Waals surface area contributed by atoms with Crippen LogP contribution in [0, 0.1) is 13.8 Å². The van der Waals surface area contributed by atoms with Crippen molar-refractivity contribution in [3.05, 3.63) is 58.6 Å². The van der Waals surface area contributed by atoms with Crippen molar-refractivity contribution in [2.45, 2.75) is 13.8 Å². The van der Waals surface area contributed by atoms with Gasteiger partial charge in [-0.25, -0.2) is 0 Å². The van der Waals surface area contributed by atoms with E-state index in [4.69, 9.17) is 11.6 Å². The first kappa shape index (κ1) is 10.3. The Bertz CT molecular complexity index is 466. The molecule has 0 aromatic heterocycles. The molecule has 0 amide bonds. The Kier molecular flexibility index (Phi) is 2.79. The van der Waals surface area contributed by atoms with Gasteiger partial charge in [-0.2, -0.15) is 0 Å². The van der Waals surface area contributed by atoms with Crippen molar-refractivity contribution in [1.29, 1.82) is 0 Å². The van der Waals surface area contributed by atoms with Crippen molar-refractivity contribution in [1.82, 2.24) is 0 Å². The Morgan fingerprint density at radius 1 is 0.933 bits per heavy atom. The molecule has 0 heterocycles. The molecule has 2 aromatic carbocycles. The van der Waals surface area contributed by atoms with Gasteiger partial charge in [0.2, 0.25) is 0 Å². The zero-order valence-electron chi connectivity index (χ0n) is 8.92. The first-order chi connectivity index (χ1) is 7.16. The van der Waals surface area contributed by atoms with Crippen LogP contribution in [0.3, 0.4) is 0 Å². The number of rotatable bonds is 1. The summed E-state index contributed by atoms with van der Waals surface area (Å²) < 4.78 is 0. The Labute approximate surface area is 95.5 Å². The smallest absolute Gasteiger partial charge is 0.0414 e. The SMILES string of the molecule is Cc1cc(Cl)cc(-c2ccccc2C)c1. The van der Waals surface area contributed by atoms with Crippen molar-refractivity contribution in [2.24, 2.45) is 0 Å². The van der Waals surface area contributed by atoms with Crippen molar-refractivity contribution in [3.8, 4) is 11.1 Å². The number of aryl methyl sites for hydroxylation is 2. The molecule has 0 saturated heterocycles. The van der Waals surface area contributed by atoms with Crippen LogP contribution in [0.5, 0.6) is 0 Å². The predicted molar refractivity (Wildman–Crippen MR) is 66.4 cm³/mol. The van der Waals surface area contributed by atoms with Gasteiger partial charge in [0, 0.05) is 5.02 Å². The normalized spacial score (nSPS) is 10.3. The molecule has 0 radical (unpaired) electrons. The summed E-state index contributed by atoms with van der Waals surface area (Å²) in [6.45, 7) is 4.18. The van der Waals surface area contributed by atoms with Crippen molar-refractivity contribution < 1.29 is 0 Å². The minimum absolute atomic E-state index is 0.799. The van der Waals surface area contributed by atoms with Crippen molar-refractivity contribution in [3.63, 3.8) is 0 Å². The van der Waals surface area contributed by atoms with Crippen molar-refractivity contribution in [2.75, 3.05) is 0 Å². The van der Waals surface area contributed by atoms with Gasteiger partial charge >= 0.3 is 0 Å². The second-order valence-electron chi connectivity index (χ2n) is 3.83. The Morgan fingerprint density at radius 2 is 1.67 bits per heavy atom. The predicted octanol–water partition coefficient (Wildman–Crippen LogP) is 4.62. The van der Waals surface area contributed by atoms with Crippen LogP contribution in [0.25, 0.3) is 11.1 Å². The average Bonchev–Trinajstić information content (AvgIpc) is 2.16. The Hall–Kier alpha value is -1.27. The molecule has 0 aliphatic rings. The Balaban J connectivity index is 2.59. The molecule has 0 aliphatic heterocycles. The number of hydrogen-bond donors (Lipinski definition) is 0. The highest BCUT2D eigenvalue weighted by Crippen LogP contribution is 2.26. The van der Waals surface area contributed by atoms with Crippen LogP contribution in [0.15, 0.2) is 42.5 Å². The van der Waals surface area contributed by atoms with Gasteiger partial charge in [0.1, 0.15) is 0 Å². The zero-order chi connectivity index (χ0) is 10.8. The van der Waals surface area contributed by atoms with Crippen LogP contribution in [0.4, 0.5) is 0 Å². The standard InChI is InChI=1S/C14H13Cl/c1-10-7-12(9-13(15)8-10)14-6-4-3-5-11(14)2/h3-9H,1-2H3. The molecule has 0 saturated carbocycles. The summed E-state index contributed by atoms with van der Waals surface area (Å²) in [7, 11) is 0. The molecule has 15 heavy (non-hydrogen) atoms. The lowest BCUT2D eigenvalue weighted by Crippen LogP contribution is -1.83. The van der Waals surface area contributed by atoms with Crippen LogP contribution in [0.2, 0.25) is 5.02 Å². The fourth-order valence-electron chi connectivity index (χ4n) is 1.79. The van der Waals surface area contributed by atoms with Gasteiger partial charge in [-0.3, -0.25) is 0 Å². The summed E-state index contributed by atoms with van der Waals surface area (Å²) in [6.07, 6.45) is 0. The van der Waals surface area contributed by atoms with E-state index in [0.717, 1.165) is 5.02 Å². The summed E-state index contributed by atoms with van der Waals surface area (Å²) in [6, 6.07) is 14.5. The third-order valence-electron chi connectivity index (χ3n) is 2.50. The molecule has 0 bridgehead atoms. The topological polar surface area (TPSA) is 0 Å². The molecule has 2 aromatic rings. The zero-order valence-corrected chi connectivity index (χ0v) is 9.68. The lowest BCUT2D eigenvalue weighted by molar-refractivity contribution is 1.43. The number of hydrogen-bond acceptors (Lipinski definition) is 0. The molecule has 0 N–H and O–H groups in total. The maximum Gasteiger partial charge on any atom is 0.0414 e. The van der Waals surface area contributed by atoms with E-state index in [0.29, 0.717) is 0 Å². The monoisotopic (exact) mass is 216 g/mol. The van der Waals surface area contributed by atoms with Gasteiger partial charge in [-0.05, 0) is 48.2 Å². The van der Waals surface area contributed by atoms with Crippen LogP contribution in [0.1, 0.15) is 11.1 Å². The van der Waals surface area contributed by atoms with E-state index in [-0.39, 0.29) is 0 Å². The van der Waals surface area contributed by atoms with E-state index in [9.17, 15) is 0 Å². The van der Waals surface area contributed by atoms with Crippen LogP contribution in [-0.2, 0) is 0 Å². The van der Waals surface area contributed by atoms with Crippen LogP contribution >= 0.6 is 11.6 Å². The molecule has 76 valence electrons. The molecule has 0 atom stereocenters.